The van der Waals surface area contributed by atoms with Gasteiger partial charge in [0.25, 0.3) is 17.5 Å². The number of carbonyl (C=O) groups is 2. The molecule has 2 N–H and O–H groups in total. The van der Waals surface area contributed by atoms with Crippen LogP contribution in [0.3, 0.4) is 0 Å². The van der Waals surface area contributed by atoms with Gasteiger partial charge in [0.2, 0.25) is 0 Å². The monoisotopic (exact) mass is 409 g/mol. The summed E-state index contributed by atoms with van der Waals surface area (Å²) in [7, 11) is 0. The number of nitrogens with zero attached hydrogens (tertiary/aromatic N) is 1. The van der Waals surface area contributed by atoms with E-state index in [1.54, 1.807) is 18.2 Å². The van der Waals surface area contributed by atoms with Crippen molar-refractivity contribution in [3.63, 3.8) is 0 Å². The summed E-state index contributed by atoms with van der Waals surface area (Å²) in [4.78, 5) is 34.9. The van der Waals surface area contributed by atoms with Crippen LogP contribution in [0, 0.1) is 15.9 Å². The summed E-state index contributed by atoms with van der Waals surface area (Å²) >= 11 is 0. The Kier molecular flexibility index (Phi) is 6.33. The first-order chi connectivity index (χ1) is 14.4. The Labute approximate surface area is 170 Å². The molecule has 3 aromatic rings. The quantitative estimate of drug-likeness (QED) is 0.453. The molecule has 2 amide bonds. The van der Waals surface area contributed by atoms with Crippen molar-refractivity contribution in [3.8, 4) is 5.75 Å². The van der Waals surface area contributed by atoms with Crippen LogP contribution in [0.2, 0.25) is 0 Å². The Morgan fingerprint density at radius 3 is 2.27 bits per heavy atom. The van der Waals surface area contributed by atoms with E-state index in [1.165, 1.54) is 54.6 Å². The van der Waals surface area contributed by atoms with Crippen LogP contribution >= 0.6 is 0 Å². The van der Waals surface area contributed by atoms with Crippen molar-refractivity contribution in [2.75, 3.05) is 17.2 Å². The average molecular weight is 409 g/mol. The Bertz CT molecular complexity index is 1070. The fraction of sp³-hybridized carbons (Fsp3) is 0.0476. The maximum atomic E-state index is 13.0. The number of hydrogen-bond acceptors (Lipinski definition) is 5. The molecule has 8 nitrogen and oxygen atoms in total. The number of carbonyl (C=O) groups excluding carboxylic acids is 2. The zero-order valence-corrected chi connectivity index (χ0v) is 15.5. The number of ether oxygens (including phenoxy) is 1. The van der Waals surface area contributed by atoms with Crippen molar-refractivity contribution in [2.45, 2.75) is 0 Å². The van der Waals surface area contributed by atoms with E-state index in [4.69, 9.17) is 4.74 Å². The second-order valence-electron chi connectivity index (χ2n) is 6.09. The number of nitro groups is 1. The van der Waals surface area contributed by atoms with Gasteiger partial charge < -0.3 is 15.4 Å². The third-order valence-corrected chi connectivity index (χ3v) is 3.97. The number of non-ortho nitro benzene ring substituents is 1. The first-order valence-corrected chi connectivity index (χ1v) is 8.75. The molecule has 0 saturated heterocycles. The zero-order chi connectivity index (χ0) is 21.5. The molecule has 0 spiro atoms. The Morgan fingerprint density at radius 2 is 1.60 bits per heavy atom. The molecule has 152 valence electrons. The molecule has 0 aliphatic carbocycles. The third-order valence-electron chi connectivity index (χ3n) is 3.97. The van der Waals surface area contributed by atoms with Crippen molar-refractivity contribution >= 4 is 28.9 Å². The van der Waals surface area contributed by atoms with Crippen molar-refractivity contribution in [2.24, 2.45) is 0 Å². The molecule has 0 radical (unpaired) electrons. The van der Waals surface area contributed by atoms with E-state index in [1.807, 2.05) is 0 Å². The summed E-state index contributed by atoms with van der Waals surface area (Å²) in [5, 5.41) is 15.9. The molecule has 3 rings (SSSR count). The van der Waals surface area contributed by atoms with Crippen LogP contribution in [0.4, 0.5) is 21.5 Å². The molecule has 0 aliphatic heterocycles. The second-order valence-corrected chi connectivity index (χ2v) is 6.09. The third kappa shape index (κ3) is 5.38. The minimum atomic E-state index is -0.537. The van der Waals surface area contributed by atoms with Crippen LogP contribution in [0.15, 0.2) is 72.8 Å². The van der Waals surface area contributed by atoms with E-state index in [0.717, 1.165) is 0 Å². The summed E-state index contributed by atoms with van der Waals surface area (Å²) in [5.74, 6) is -1.13. The van der Waals surface area contributed by atoms with E-state index >= 15 is 0 Å². The number of nitrogens with one attached hydrogen (secondary N) is 2. The topological polar surface area (TPSA) is 111 Å². The molecule has 0 aliphatic rings. The minimum absolute atomic E-state index is 0.0899. The van der Waals surface area contributed by atoms with Crippen LogP contribution in [0.1, 0.15) is 10.4 Å². The van der Waals surface area contributed by atoms with Gasteiger partial charge in [0.1, 0.15) is 11.6 Å². The smallest absolute Gasteiger partial charge is 0.269 e. The van der Waals surface area contributed by atoms with Gasteiger partial charge in [0.15, 0.2) is 6.61 Å². The highest BCUT2D eigenvalue weighted by Crippen LogP contribution is 2.19. The van der Waals surface area contributed by atoms with Crippen molar-refractivity contribution in [1.82, 2.24) is 0 Å². The van der Waals surface area contributed by atoms with E-state index < -0.39 is 22.6 Å². The maximum absolute atomic E-state index is 13.0. The van der Waals surface area contributed by atoms with Gasteiger partial charge in [-0.25, -0.2) is 4.39 Å². The van der Waals surface area contributed by atoms with Gasteiger partial charge in [-0.2, -0.15) is 0 Å². The maximum Gasteiger partial charge on any atom is 0.269 e. The normalized spacial score (nSPS) is 10.2. The number of hydrogen-bond donors (Lipinski definition) is 2. The number of benzene rings is 3. The van der Waals surface area contributed by atoms with E-state index in [-0.39, 0.29) is 29.3 Å². The van der Waals surface area contributed by atoms with Crippen LogP contribution in [-0.2, 0) is 4.79 Å². The lowest BCUT2D eigenvalue weighted by atomic mass is 10.1. The Morgan fingerprint density at radius 1 is 0.933 bits per heavy atom. The second kappa shape index (κ2) is 9.28. The van der Waals surface area contributed by atoms with Gasteiger partial charge in [-0.1, -0.05) is 12.1 Å². The van der Waals surface area contributed by atoms with E-state index in [0.29, 0.717) is 5.69 Å². The first kappa shape index (κ1) is 20.5. The summed E-state index contributed by atoms with van der Waals surface area (Å²) in [6, 6.07) is 17.0. The highest BCUT2D eigenvalue weighted by molar-refractivity contribution is 6.10. The van der Waals surface area contributed by atoms with Crippen molar-refractivity contribution in [3.05, 3.63) is 94.3 Å². The molecule has 0 bridgehead atoms. The number of nitro benzene ring substituents is 1. The molecule has 0 atom stereocenters. The highest BCUT2D eigenvalue weighted by Gasteiger charge is 2.14. The average Bonchev–Trinajstić information content (AvgIpc) is 2.74. The predicted octanol–water partition coefficient (Wildman–Crippen LogP) is 4.00. The summed E-state index contributed by atoms with van der Waals surface area (Å²) in [6.07, 6.45) is 0. The lowest BCUT2D eigenvalue weighted by Crippen LogP contribution is -2.22. The number of rotatable bonds is 7. The van der Waals surface area contributed by atoms with Crippen LogP contribution in [0.25, 0.3) is 0 Å². The van der Waals surface area contributed by atoms with Crippen molar-refractivity contribution < 1.29 is 23.6 Å². The minimum Gasteiger partial charge on any atom is -0.484 e. The van der Waals surface area contributed by atoms with Gasteiger partial charge in [-0.3, -0.25) is 19.7 Å². The van der Waals surface area contributed by atoms with Gasteiger partial charge in [0, 0.05) is 17.8 Å². The first-order valence-electron chi connectivity index (χ1n) is 8.75. The van der Waals surface area contributed by atoms with Crippen LogP contribution < -0.4 is 15.4 Å². The Balaban J connectivity index is 1.62. The molecule has 0 fully saturated rings. The molecule has 0 saturated carbocycles. The molecule has 3 aromatic carbocycles. The van der Waals surface area contributed by atoms with Gasteiger partial charge in [0.05, 0.1) is 16.2 Å². The molecule has 0 heterocycles. The molecular formula is C21H16FN3O5. The van der Waals surface area contributed by atoms with Crippen molar-refractivity contribution in [1.29, 1.82) is 0 Å². The lowest BCUT2D eigenvalue weighted by molar-refractivity contribution is -0.384. The van der Waals surface area contributed by atoms with E-state index in [9.17, 15) is 24.1 Å². The summed E-state index contributed by atoms with van der Waals surface area (Å²) < 4.78 is 18.3. The molecule has 0 unspecified atom stereocenters. The fourth-order valence-corrected chi connectivity index (χ4v) is 2.52. The number of anilines is 2. The molecule has 30 heavy (non-hydrogen) atoms. The number of halogens is 1. The largest absolute Gasteiger partial charge is 0.484 e. The van der Waals surface area contributed by atoms with Gasteiger partial charge in [-0.15, -0.1) is 0 Å². The molecule has 0 aromatic heterocycles. The van der Waals surface area contributed by atoms with Crippen LogP contribution in [-0.4, -0.2) is 23.3 Å². The highest BCUT2D eigenvalue weighted by atomic mass is 19.1. The predicted molar refractivity (Wildman–Crippen MR) is 108 cm³/mol. The molecule has 9 heteroatoms. The summed E-state index contributed by atoms with van der Waals surface area (Å²) in [6.45, 7) is -0.355. The molecular weight excluding hydrogens is 393 g/mol. The SMILES string of the molecule is O=C(COc1ccc([N+](=O)[O-])cc1)Nc1ccccc1C(=O)Nc1ccc(F)cc1. The van der Waals surface area contributed by atoms with Gasteiger partial charge in [-0.05, 0) is 48.5 Å². The zero-order valence-electron chi connectivity index (χ0n) is 15.5. The lowest BCUT2D eigenvalue weighted by Gasteiger charge is -2.12. The fourth-order valence-electron chi connectivity index (χ4n) is 2.52. The van der Waals surface area contributed by atoms with Crippen LogP contribution in [0.5, 0.6) is 5.75 Å². The summed E-state index contributed by atoms with van der Waals surface area (Å²) in [5.41, 5.74) is 0.803. The number of para-hydroxylation sites is 1. The standard InChI is InChI=1S/C21H16FN3O5/c22-14-5-7-15(8-6-14)23-21(27)18-3-1-2-4-19(18)24-20(26)13-30-17-11-9-16(10-12-17)25(28)29/h1-12H,13H2,(H,23,27)(H,24,26). The number of amides is 2. The Hall–Kier alpha value is -4.27. The van der Waals surface area contributed by atoms with Gasteiger partial charge >= 0.3 is 0 Å². The van der Waals surface area contributed by atoms with E-state index in [2.05, 4.69) is 10.6 Å².